The zero-order valence-corrected chi connectivity index (χ0v) is 10.7. The Morgan fingerprint density at radius 2 is 1.62 bits per heavy atom. The molecule has 4 nitrogen and oxygen atoms in total. The largest absolute Gasteiger partial charge is 0.396 e. The number of hydrogen-bond acceptors (Lipinski definition) is 4. The van der Waals surface area contributed by atoms with E-state index in [0.717, 1.165) is 12.8 Å². The zero-order chi connectivity index (χ0) is 12.6. The van der Waals surface area contributed by atoms with Crippen LogP contribution >= 0.6 is 0 Å². The Hall–Kier alpha value is -0.160. The SMILES string of the molecule is CCC(CC)C(O)CNCC(C)(CO)CO. The van der Waals surface area contributed by atoms with Gasteiger partial charge < -0.3 is 20.6 Å². The smallest absolute Gasteiger partial charge is 0.0692 e. The predicted octanol–water partition coefficient (Wildman–Crippen LogP) is 0.364. The maximum absolute atomic E-state index is 9.86. The molecule has 0 fully saturated rings. The quantitative estimate of drug-likeness (QED) is 0.464. The van der Waals surface area contributed by atoms with Crippen LogP contribution < -0.4 is 5.32 Å². The second-order valence-electron chi connectivity index (χ2n) is 4.90. The third kappa shape index (κ3) is 5.25. The lowest BCUT2D eigenvalue weighted by molar-refractivity contribution is 0.0585. The van der Waals surface area contributed by atoms with E-state index in [1.165, 1.54) is 0 Å². The first kappa shape index (κ1) is 15.8. The molecule has 0 saturated carbocycles. The molecule has 0 saturated heterocycles. The Labute approximate surface area is 98.7 Å². The number of aliphatic hydroxyl groups excluding tert-OH is 3. The molecule has 0 aromatic heterocycles. The molecule has 0 spiro atoms. The van der Waals surface area contributed by atoms with Gasteiger partial charge in [-0.05, 0) is 5.92 Å². The van der Waals surface area contributed by atoms with Gasteiger partial charge in [0.2, 0.25) is 0 Å². The van der Waals surface area contributed by atoms with Crippen molar-refractivity contribution in [2.24, 2.45) is 11.3 Å². The summed E-state index contributed by atoms with van der Waals surface area (Å²) >= 11 is 0. The molecule has 0 aromatic carbocycles. The van der Waals surface area contributed by atoms with E-state index >= 15 is 0 Å². The van der Waals surface area contributed by atoms with Crippen LogP contribution in [0.15, 0.2) is 0 Å². The molecule has 0 aliphatic rings. The number of rotatable bonds is 9. The van der Waals surface area contributed by atoms with Crippen molar-refractivity contribution in [2.75, 3.05) is 26.3 Å². The maximum Gasteiger partial charge on any atom is 0.0692 e. The topological polar surface area (TPSA) is 72.7 Å². The third-order valence-electron chi connectivity index (χ3n) is 3.26. The first-order chi connectivity index (χ1) is 7.52. The zero-order valence-electron chi connectivity index (χ0n) is 10.7. The van der Waals surface area contributed by atoms with Gasteiger partial charge in [0.15, 0.2) is 0 Å². The maximum atomic E-state index is 9.86. The summed E-state index contributed by atoms with van der Waals surface area (Å²) in [5.74, 6) is 0.321. The molecule has 98 valence electrons. The molecule has 0 heterocycles. The fourth-order valence-corrected chi connectivity index (χ4v) is 1.68. The van der Waals surface area contributed by atoms with Gasteiger partial charge in [0.25, 0.3) is 0 Å². The molecule has 4 heteroatoms. The van der Waals surface area contributed by atoms with Crippen molar-refractivity contribution >= 4 is 0 Å². The lowest BCUT2D eigenvalue weighted by Crippen LogP contribution is -2.42. The van der Waals surface area contributed by atoms with Crippen LogP contribution in [0.1, 0.15) is 33.6 Å². The molecule has 0 bridgehead atoms. The number of aliphatic hydroxyl groups is 3. The summed E-state index contributed by atoms with van der Waals surface area (Å²) < 4.78 is 0. The molecule has 0 aromatic rings. The van der Waals surface area contributed by atoms with Crippen LogP contribution in [0.3, 0.4) is 0 Å². The van der Waals surface area contributed by atoms with Crippen LogP contribution in [0.2, 0.25) is 0 Å². The summed E-state index contributed by atoms with van der Waals surface area (Å²) in [4.78, 5) is 0. The summed E-state index contributed by atoms with van der Waals surface area (Å²) in [5.41, 5.74) is -0.506. The first-order valence-corrected chi connectivity index (χ1v) is 6.13. The molecule has 0 amide bonds. The van der Waals surface area contributed by atoms with Gasteiger partial charge in [-0.15, -0.1) is 0 Å². The van der Waals surface area contributed by atoms with Crippen molar-refractivity contribution in [1.82, 2.24) is 5.32 Å². The van der Waals surface area contributed by atoms with E-state index in [-0.39, 0.29) is 19.3 Å². The molecule has 0 aliphatic carbocycles. The lowest BCUT2D eigenvalue weighted by Gasteiger charge is -2.27. The highest BCUT2D eigenvalue weighted by Gasteiger charge is 2.23. The van der Waals surface area contributed by atoms with Crippen LogP contribution in [0.4, 0.5) is 0 Å². The number of hydrogen-bond donors (Lipinski definition) is 4. The predicted molar refractivity (Wildman–Crippen MR) is 65.2 cm³/mol. The third-order valence-corrected chi connectivity index (χ3v) is 3.26. The average molecular weight is 233 g/mol. The fraction of sp³-hybridized carbons (Fsp3) is 1.00. The Morgan fingerprint density at radius 1 is 1.12 bits per heavy atom. The Balaban J connectivity index is 3.88. The van der Waals surface area contributed by atoms with E-state index in [4.69, 9.17) is 10.2 Å². The Bertz CT molecular complexity index is 168. The summed E-state index contributed by atoms with van der Waals surface area (Å²) in [6.45, 7) is 6.86. The van der Waals surface area contributed by atoms with Crippen molar-refractivity contribution in [3.63, 3.8) is 0 Å². The average Bonchev–Trinajstić information content (AvgIpc) is 2.30. The summed E-state index contributed by atoms with van der Waals surface area (Å²) in [6, 6.07) is 0. The molecular formula is C12H27NO3. The van der Waals surface area contributed by atoms with Crippen molar-refractivity contribution in [1.29, 1.82) is 0 Å². The highest BCUT2D eigenvalue weighted by Crippen LogP contribution is 2.14. The van der Waals surface area contributed by atoms with E-state index in [1.807, 2.05) is 6.92 Å². The Kier molecular flexibility index (Phi) is 7.93. The van der Waals surface area contributed by atoms with Gasteiger partial charge in [0, 0.05) is 18.5 Å². The molecule has 0 rings (SSSR count). The van der Waals surface area contributed by atoms with Crippen LogP contribution in [-0.2, 0) is 0 Å². The minimum absolute atomic E-state index is 0.0580. The molecule has 16 heavy (non-hydrogen) atoms. The van der Waals surface area contributed by atoms with Crippen LogP contribution in [-0.4, -0.2) is 47.7 Å². The van der Waals surface area contributed by atoms with Crippen molar-refractivity contribution < 1.29 is 15.3 Å². The number of nitrogens with one attached hydrogen (secondary N) is 1. The van der Waals surface area contributed by atoms with Gasteiger partial charge in [-0.2, -0.15) is 0 Å². The van der Waals surface area contributed by atoms with E-state index < -0.39 is 5.41 Å². The van der Waals surface area contributed by atoms with Gasteiger partial charge in [-0.3, -0.25) is 0 Å². The van der Waals surface area contributed by atoms with Crippen molar-refractivity contribution in [3.8, 4) is 0 Å². The van der Waals surface area contributed by atoms with Crippen LogP contribution in [0.5, 0.6) is 0 Å². The standard InChI is InChI=1S/C12H27NO3/c1-4-10(5-2)11(16)6-13-7-12(3,8-14)9-15/h10-11,13-16H,4-9H2,1-3H3. The van der Waals surface area contributed by atoms with Crippen LogP contribution in [0.25, 0.3) is 0 Å². The molecular weight excluding hydrogens is 206 g/mol. The normalized spacial score (nSPS) is 14.4. The summed E-state index contributed by atoms with van der Waals surface area (Å²) in [5, 5.41) is 31.1. The van der Waals surface area contributed by atoms with E-state index in [0.29, 0.717) is 19.0 Å². The fourth-order valence-electron chi connectivity index (χ4n) is 1.68. The Morgan fingerprint density at radius 3 is 2.00 bits per heavy atom. The van der Waals surface area contributed by atoms with E-state index in [2.05, 4.69) is 19.2 Å². The van der Waals surface area contributed by atoms with Gasteiger partial charge in [0.05, 0.1) is 19.3 Å². The molecule has 1 atom stereocenters. The lowest BCUT2D eigenvalue weighted by atomic mass is 9.92. The van der Waals surface area contributed by atoms with Crippen LogP contribution in [0, 0.1) is 11.3 Å². The van der Waals surface area contributed by atoms with E-state index in [1.54, 1.807) is 0 Å². The second kappa shape index (κ2) is 8.01. The minimum atomic E-state index is -0.506. The van der Waals surface area contributed by atoms with Gasteiger partial charge in [-0.25, -0.2) is 0 Å². The van der Waals surface area contributed by atoms with Gasteiger partial charge >= 0.3 is 0 Å². The molecule has 0 aliphatic heterocycles. The van der Waals surface area contributed by atoms with Gasteiger partial charge in [0.1, 0.15) is 0 Å². The monoisotopic (exact) mass is 233 g/mol. The minimum Gasteiger partial charge on any atom is -0.396 e. The summed E-state index contributed by atoms with van der Waals surface area (Å²) in [7, 11) is 0. The highest BCUT2D eigenvalue weighted by atomic mass is 16.3. The van der Waals surface area contributed by atoms with Crippen molar-refractivity contribution in [3.05, 3.63) is 0 Å². The van der Waals surface area contributed by atoms with Crippen molar-refractivity contribution in [2.45, 2.75) is 39.7 Å². The van der Waals surface area contributed by atoms with E-state index in [9.17, 15) is 5.11 Å². The summed E-state index contributed by atoms with van der Waals surface area (Å²) in [6.07, 6.45) is 1.59. The molecule has 4 N–H and O–H groups in total. The molecule has 0 radical (unpaired) electrons. The van der Waals surface area contributed by atoms with Gasteiger partial charge in [-0.1, -0.05) is 33.6 Å². The first-order valence-electron chi connectivity index (χ1n) is 6.13. The molecule has 1 unspecified atom stereocenters. The second-order valence-corrected chi connectivity index (χ2v) is 4.90. The highest BCUT2D eigenvalue weighted by molar-refractivity contribution is 4.77.